The first-order chi connectivity index (χ1) is 7.25. The molecule has 15 heavy (non-hydrogen) atoms. The molecule has 2 aromatic heterocycles. The normalized spacial score (nSPS) is 10.1. The van der Waals surface area contributed by atoms with E-state index < -0.39 is 5.97 Å². The summed E-state index contributed by atoms with van der Waals surface area (Å²) in [5.41, 5.74) is 1.74. The molecule has 0 aromatic carbocycles. The van der Waals surface area contributed by atoms with Crippen LogP contribution in [-0.4, -0.2) is 20.7 Å². The predicted octanol–water partition coefficient (Wildman–Crippen LogP) is 0.577. The number of pyridine rings is 1. The van der Waals surface area contributed by atoms with E-state index in [4.69, 9.17) is 5.11 Å². The molecule has 0 radical (unpaired) electrons. The lowest BCUT2D eigenvalue weighted by molar-refractivity contribution is -0.685. The number of rotatable bonds is 3. The summed E-state index contributed by atoms with van der Waals surface area (Å²) < 4.78 is 5.35. The average molecular weight is 222 g/mol. The van der Waals surface area contributed by atoms with Crippen molar-refractivity contribution in [1.82, 2.24) is 9.59 Å². The van der Waals surface area contributed by atoms with Crippen molar-refractivity contribution in [1.29, 1.82) is 0 Å². The Hall–Kier alpha value is -1.82. The van der Waals surface area contributed by atoms with Gasteiger partial charge in [0, 0.05) is 23.1 Å². The lowest BCUT2D eigenvalue weighted by Gasteiger charge is -1.94. The van der Waals surface area contributed by atoms with Gasteiger partial charge < -0.3 is 5.11 Å². The molecule has 0 spiro atoms. The Morgan fingerprint density at radius 1 is 1.47 bits per heavy atom. The summed E-state index contributed by atoms with van der Waals surface area (Å²) in [5.74, 6) is -0.858. The number of carboxylic acids is 1. The average Bonchev–Trinajstić information content (AvgIpc) is 2.71. The summed E-state index contributed by atoms with van der Waals surface area (Å²) in [6.07, 6.45) is 3.42. The third-order valence-corrected chi connectivity index (χ3v) is 2.37. The molecular weight excluding hydrogens is 214 g/mol. The van der Waals surface area contributed by atoms with Crippen LogP contribution >= 0.6 is 11.5 Å². The highest BCUT2D eigenvalue weighted by atomic mass is 32.1. The Morgan fingerprint density at radius 2 is 2.20 bits per heavy atom. The third-order valence-electron chi connectivity index (χ3n) is 1.86. The molecule has 0 fully saturated rings. The lowest BCUT2D eigenvalue weighted by Crippen LogP contribution is -2.36. The van der Waals surface area contributed by atoms with Crippen molar-refractivity contribution in [2.45, 2.75) is 6.54 Å². The van der Waals surface area contributed by atoms with Gasteiger partial charge in [0.2, 0.25) is 6.54 Å². The van der Waals surface area contributed by atoms with E-state index in [2.05, 4.69) is 9.59 Å². The number of carbonyl (C=O) groups is 1. The van der Waals surface area contributed by atoms with Crippen molar-refractivity contribution in [3.8, 4) is 11.3 Å². The van der Waals surface area contributed by atoms with Crippen LogP contribution in [0.5, 0.6) is 0 Å². The molecule has 0 aliphatic rings. The van der Waals surface area contributed by atoms with Gasteiger partial charge in [-0.25, -0.2) is 4.79 Å². The van der Waals surface area contributed by atoms with Crippen LogP contribution in [0.2, 0.25) is 0 Å². The summed E-state index contributed by atoms with van der Waals surface area (Å²) >= 11 is 1.29. The summed E-state index contributed by atoms with van der Waals surface area (Å²) in [4.78, 5) is 10.4. The topological polar surface area (TPSA) is 67.0 Å². The zero-order valence-corrected chi connectivity index (χ0v) is 8.52. The Morgan fingerprint density at radius 3 is 2.73 bits per heavy atom. The first kappa shape index (κ1) is 9.72. The molecule has 0 saturated heterocycles. The fraction of sp³-hybridized carbons (Fsp3) is 0.111. The van der Waals surface area contributed by atoms with Gasteiger partial charge >= 0.3 is 5.97 Å². The van der Waals surface area contributed by atoms with Crippen LogP contribution in [0.4, 0.5) is 0 Å². The van der Waals surface area contributed by atoms with Crippen LogP contribution in [0.1, 0.15) is 0 Å². The number of hydrogen-bond donors (Lipinski definition) is 1. The molecule has 76 valence electrons. The van der Waals surface area contributed by atoms with Crippen molar-refractivity contribution in [2.24, 2.45) is 0 Å². The molecule has 5 nitrogen and oxygen atoms in total. The first-order valence-corrected chi connectivity index (χ1v) is 5.08. The molecule has 0 atom stereocenters. The molecule has 6 heteroatoms. The van der Waals surface area contributed by atoms with E-state index in [0.29, 0.717) is 0 Å². The largest absolute Gasteiger partial charge is 0.477 e. The predicted molar refractivity (Wildman–Crippen MR) is 53.2 cm³/mol. The maximum Gasteiger partial charge on any atom is 0.370 e. The Balaban J connectivity index is 2.21. The van der Waals surface area contributed by atoms with Gasteiger partial charge in [-0.3, -0.25) is 0 Å². The zero-order chi connectivity index (χ0) is 10.7. The van der Waals surface area contributed by atoms with Gasteiger partial charge in [0.1, 0.15) is 5.69 Å². The molecule has 0 aliphatic heterocycles. The molecular formula is C9H8N3O2S+. The third kappa shape index (κ3) is 2.35. The molecule has 0 bridgehead atoms. The Labute approximate surface area is 89.8 Å². The standard InChI is InChI=1S/C9H7N3O2S/c13-9(14)5-12-3-1-7(2-4-12)8-6-15-11-10-8/h1-4,6H,5H2/p+1. The molecule has 0 saturated carbocycles. The van der Waals surface area contributed by atoms with Crippen LogP contribution in [-0.2, 0) is 11.3 Å². The Bertz CT molecular complexity index is 453. The minimum Gasteiger partial charge on any atom is -0.477 e. The van der Waals surface area contributed by atoms with E-state index in [-0.39, 0.29) is 6.54 Å². The second-order valence-corrected chi connectivity index (χ2v) is 3.55. The van der Waals surface area contributed by atoms with Gasteiger partial charge in [0.05, 0.1) is 0 Å². The summed E-state index contributed by atoms with van der Waals surface area (Å²) in [6, 6.07) is 3.64. The minimum absolute atomic E-state index is 0.0321. The van der Waals surface area contributed by atoms with Gasteiger partial charge in [0.25, 0.3) is 0 Å². The van der Waals surface area contributed by atoms with Gasteiger partial charge in [0.15, 0.2) is 12.4 Å². The zero-order valence-electron chi connectivity index (χ0n) is 7.70. The summed E-state index contributed by atoms with van der Waals surface area (Å²) in [7, 11) is 0. The lowest BCUT2D eigenvalue weighted by atomic mass is 10.2. The van der Waals surface area contributed by atoms with Crippen molar-refractivity contribution in [2.75, 3.05) is 0 Å². The molecule has 2 aromatic rings. The number of nitrogens with zero attached hydrogens (tertiary/aromatic N) is 3. The molecule has 1 N–H and O–H groups in total. The number of aliphatic carboxylic acids is 1. The van der Waals surface area contributed by atoms with E-state index in [1.807, 2.05) is 17.5 Å². The smallest absolute Gasteiger partial charge is 0.370 e. The van der Waals surface area contributed by atoms with Crippen molar-refractivity contribution in [3.63, 3.8) is 0 Å². The van der Waals surface area contributed by atoms with Gasteiger partial charge in [-0.05, 0) is 11.5 Å². The minimum atomic E-state index is -0.858. The highest BCUT2D eigenvalue weighted by molar-refractivity contribution is 7.03. The summed E-state index contributed by atoms with van der Waals surface area (Å²) in [5, 5.41) is 14.3. The van der Waals surface area contributed by atoms with E-state index in [0.717, 1.165) is 11.3 Å². The van der Waals surface area contributed by atoms with Crippen molar-refractivity contribution in [3.05, 3.63) is 29.9 Å². The van der Waals surface area contributed by atoms with E-state index in [1.54, 1.807) is 17.0 Å². The number of carboxylic acid groups (broad SMARTS) is 1. The molecule has 2 rings (SSSR count). The first-order valence-electron chi connectivity index (χ1n) is 4.24. The molecule has 0 amide bonds. The van der Waals surface area contributed by atoms with E-state index >= 15 is 0 Å². The highest BCUT2D eigenvalue weighted by Gasteiger charge is 2.07. The monoisotopic (exact) mass is 222 g/mol. The van der Waals surface area contributed by atoms with Crippen LogP contribution < -0.4 is 4.57 Å². The van der Waals surface area contributed by atoms with Gasteiger partial charge in [-0.15, -0.1) is 5.10 Å². The fourth-order valence-corrected chi connectivity index (χ4v) is 1.65. The van der Waals surface area contributed by atoms with Crippen LogP contribution in [0.3, 0.4) is 0 Å². The van der Waals surface area contributed by atoms with Crippen LogP contribution in [0.25, 0.3) is 11.3 Å². The van der Waals surface area contributed by atoms with Gasteiger partial charge in [-0.1, -0.05) is 4.49 Å². The van der Waals surface area contributed by atoms with Crippen LogP contribution in [0.15, 0.2) is 29.9 Å². The fourth-order valence-electron chi connectivity index (χ4n) is 1.18. The number of hydrogen-bond acceptors (Lipinski definition) is 4. The molecule has 2 heterocycles. The maximum atomic E-state index is 10.4. The second-order valence-electron chi connectivity index (χ2n) is 2.94. The second kappa shape index (κ2) is 4.14. The van der Waals surface area contributed by atoms with Crippen LogP contribution in [0, 0.1) is 0 Å². The van der Waals surface area contributed by atoms with Crippen molar-refractivity contribution >= 4 is 17.5 Å². The Kier molecular flexibility index (Phi) is 2.68. The molecule has 0 unspecified atom stereocenters. The van der Waals surface area contributed by atoms with Gasteiger partial charge in [-0.2, -0.15) is 4.57 Å². The SMILES string of the molecule is O=C(O)C[n+]1ccc(-c2csnn2)cc1. The quantitative estimate of drug-likeness (QED) is 0.771. The summed E-state index contributed by atoms with van der Waals surface area (Å²) in [6.45, 7) is -0.0321. The number of aromatic nitrogens is 3. The highest BCUT2D eigenvalue weighted by Crippen LogP contribution is 2.14. The molecule has 0 aliphatic carbocycles. The van der Waals surface area contributed by atoms with E-state index in [1.165, 1.54) is 11.5 Å². The van der Waals surface area contributed by atoms with Crippen molar-refractivity contribution < 1.29 is 14.5 Å². The van der Waals surface area contributed by atoms with E-state index in [9.17, 15) is 4.79 Å². The maximum absolute atomic E-state index is 10.4.